The summed E-state index contributed by atoms with van der Waals surface area (Å²) in [5.74, 6) is 1.31. The van der Waals surface area contributed by atoms with E-state index >= 15 is 0 Å². The number of rotatable bonds is 5. The number of hydrogen-bond acceptors (Lipinski definition) is 4. The summed E-state index contributed by atoms with van der Waals surface area (Å²) >= 11 is 1.74. The lowest BCUT2D eigenvalue weighted by Gasteiger charge is -1.96. The molecular weight excluding hydrogens is 487 g/mol. The molecule has 28 heavy (non-hydrogen) atoms. The van der Waals surface area contributed by atoms with Gasteiger partial charge in [-0.15, -0.1) is 0 Å². The van der Waals surface area contributed by atoms with E-state index in [2.05, 4.69) is 23.6 Å². The van der Waals surface area contributed by atoms with Crippen LogP contribution in [0.25, 0.3) is 33.7 Å². The number of aromatic nitrogens is 1. The lowest BCUT2D eigenvalue weighted by molar-refractivity contribution is -0.665. The third-order valence-electron chi connectivity index (χ3n) is 4.31. The fourth-order valence-electron chi connectivity index (χ4n) is 3.03. The Balaban J connectivity index is 0.00000225. The van der Waals surface area contributed by atoms with Crippen molar-refractivity contribution in [2.45, 2.75) is 13.5 Å². The van der Waals surface area contributed by atoms with Crippen molar-refractivity contribution < 1.29 is 37.9 Å². The summed E-state index contributed by atoms with van der Waals surface area (Å²) < 4.78 is 9.37. The number of thiazole rings is 1. The van der Waals surface area contributed by atoms with E-state index in [1.807, 2.05) is 36.4 Å². The number of benzene rings is 2. The topological polar surface area (TPSA) is 60.2 Å². The van der Waals surface area contributed by atoms with Crippen LogP contribution in [-0.4, -0.2) is 4.92 Å². The summed E-state index contributed by atoms with van der Waals surface area (Å²) in [6.45, 7) is 3.02. The first kappa shape index (κ1) is 20.2. The molecule has 2 aromatic heterocycles. The molecule has 0 aliphatic rings. The van der Waals surface area contributed by atoms with E-state index in [1.165, 1.54) is 22.3 Å². The van der Waals surface area contributed by atoms with Crippen LogP contribution >= 0.6 is 11.3 Å². The number of nitro groups is 1. The van der Waals surface area contributed by atoms with Gasteiger partial charge in [-0.25, -0.2) is 0 Å². The lowest BCUT2D eigenvalue weighted by atomic mass is 10.1. The van der Waals surface area contributed by atoms with Gasteiger partial charge in [0.1, 0.15) is 22.8 Å². The fraction of sp³-hybridized carbons (Fsp3) is 0.0952. The molecule has 0 fully saturated rings. The molecule has 0 bridgehead atoms. The Morgan fingerprint density at radius 1 is 1.11 bits per heavy atom. The number of aryl methyl sites for hydroxylation is 1. The Hall–Kier alpha value is -2.52. The van der Waals surface area contributed by atoms with Crippen LogP contribution in [-0.2, 0) is 6.54 Å². The number of hydrogen-bond donors (Lipinski definition) is 0. The van der Waals surface area contributed by atoms with Gasteiger partial charge in [-0.2, -0.15) is 4.57 Å². The normalized spacial score (nSPS) is 11.0. The molecule has 2 aromatic carbocycles. The van der Waals surface area contributed by atoms with Crippen LogP contribution < -0.4 is 28.5 Å². The fourth-order valence-corrected chi connectivity index (χ4v) is 4.16. The number of furan rings is 1. The molecular formula is C21H17IN2O3S. The highest BCUT2D eigenvalue weighted by atomic mass is 127. The second-order valence-corrected chi connectivity index (χ2v) is 7.06. The van der Waals surface area contributed by atoms with Crippen molar-refractivity contribution in [3.05, 3.63) is 81.5 Å². The van der Waals surface area contributed by atoms with Crippen molar-refractivity contribution in [3.63, 3.8) is 0 Å². The predicted octanol–water partition coefficient (Wildman–Crippen LogP) is 2.55. The molecule has 0 aliphatic heterocycles. The van der Waals surface area contributed by atoms with Crippen molar-refractivity contribution in [2.75, 3.05) is 0 Å². The Morgan fingerprint density at radius 2 is 1.93 bits per heavy atom. The molecule has 0 spiro atoms. The Kier molecular flexibility index (Phi) is 6.25. The van der Waals surface area contributed by atoms with Crippen molar-refractivity contribution in [1.82, 2.24) is 0 Å². The van der Waals surface area contributed by atoms with Crippen molar-refractivity contribution in [3.8, 4) is 11.3 Å². The minimum atomic E-state index is -0.405. The zero-order chi connectivity index (χ0) is 18.8. The zero-order valence-electron chi connectivity index (χ0n) is 15.0. The second-order valence-electron chi connectivity index (χ2n) is 6.00. The number of halogens is 1. The van der Waals surface area contributed by atoms with Gasteiger partial charge in [0.25, 0.3) is 10.7 Å². The SMILES string of the molecule is CC[n+]1c(/C=C/c2ccc(-c3cccc([N+](=O)[O-])c3)o2)sc2ccccc21.[I-]. The second kappa shape index (κ2) is 8.66. The summed E-state index contributed by atoms with van der Waals surface area (Å²) in [7, 11) is 0. The average molecular weight is 504 g/mol. The standard InChI is InChI=1S/C21H17N2O3S.HI/c1-2-22-18-8-3-4-9-20(18)27-21(22)13-11-17-10-12-19(26-17)15-6-5-7-16(14-15)23(24)25;/h3-14H,2H2,1H3;1H/q+1;/p-1/b13-11+;. The van der Waals surface area contributed by atoms with E-state index in [0.29, 0.717) is 17.1 Å². The van der Waals surface area contributed by atoms with Gasteiger partial charge in [-0.3, -0.25) is 10.1 Å². The quantitative estimate of drug-likeness (QED) is 0.182. The summed E-state index contributed by atoms with van der Waals surface area (Å²) in [5, 5.41) is 12.1. The van der Waals surface area contributed by atoms with Gasteiger partial charge in [0.15, 0.2) is 0 Å². The Bertz CT molecular complexity index is 1160. The van der Waals surface area contributed by atoms with Crippen LogP contribution in [0.3, 0.4) is 0 Å². The molecule has 0 radical (unpaired) electrons. The first-order valence-corrected chi connectivity index (χ1v) is 9.41. The van der Waals surface area contributed by atoms with Crippen LogP contribution in [0.2, 0.25) is 0 Å². The molecule has 0 saturated carbocycles. The van der Waals surface area contributed by atoms with E-state index in [1.54, 1.807) is 23.5 Å². The summed E-state index contributed by atoms with van der Waals surface area (Å²) in [6.07, 6.45) is 3.97. The Morgan fingerprint density at radius 3 is 2.71 bits per heavy atom. The van der Waals surface area contributed by atoms with Gasteiger partial charge in [0.05, 0.1) is 4.92 Å². The highest BCUT2D eigenvalue weighted by Gasteiger charge is 2.16. The number of nitrogens with zero attached hydrogens (tertiary/aromatic N) is 2. The lowest BCUT2D eigenvalue weighted by Crippen LogP contribution is -3.00. The number of non-ortho nitro benzene ring substituents is 1. The molecule has 0 unspecified atom stereocenters. The third-order valence-corrected chi connectivity index (χ3v) is 5.44. The minimum Gasteiger partial charge on any atom is -1.00 e. The summed E-state index contributed by atoms with van der Waals surface area (Å²) in [6, 6.07) is 18.5. The average Bonchev–Trinajstić information content (AvgIpc) is 3.30. The van der Waals surface area contributed by atoms with Crippen LogP contribution in [0.5, 0.6) is 0 Å². The molecule has 0 aliphatic carbocycles. The van der Waals surface area contributed by atoms with E-state index in [-0.39, 0.29) is 29.7 Å². The van der Waals surface area contributed by atoms with Gasteiger partial charge < -0.3 is 28.4 Å². The molecule has 4 aromatic rings. The van der Waals surface area contributed by atoms with E-state index in [0.717, 1.165) is 11.6 Å². The molecule has 0 saturated heterocycles. The van der Waals surface area contributed by atoms with Gasteiger partial charge in [0.2, 0.25) is 5.52 Å². The maximum atomic E-state index is 10.9. The molecule has 0 N–H and O–H groups in total. The smallest absolute Gasteiger partial charge is 0.270 e. The van der Waals surface area contributed by atoms with Crippen molar-refractivity contribution in [1.29, 1.82) is 0 Å². The van der Waals surface area contributed by atoms with Crippen LogP contribution in [0.15, 0.2) is 65.1 Å². The summed E-state index contributed by atoms with van der Waals surface area (Å²) in [5.41, 5.74) is 1.96. The van der Waals surface area contributed by atoms with E-state index < -0.39 is 4.92 Å². The maximum absolute atomic E-state index is 10.9. The predicted molar refractivity (Wildman–Crippen MR) is 107 cm³/mol. The van der Waals surface area contributed by atoms with Gasteiger partial charge in [0, 0.05) is 29.8 Å². The van der Waals surface area contributed by atoms with Gasteiger partial charge in [-0.05, 0) is 31.2 Å². The molecule has 5 nitrogen and oxygen atoms in total. The maximum Gasteiger partial charge on any atom is 0.270 e. The van der Waals surface area contributed by atoms with Crippen LogP contribution in [0.4, 0.5) is 5.69 Å². The third kappa shape index (κ3) is 4.00. The highest BCUT2D eigenvalue weighted by molar-refractivity contribution is 7.18. The monoisotopic (exact) mass is 504 g/mol. The largest absolute Gasteiger partial charge is 1.00 e. The molecule has 7 heteroatoms. The molecule has 2 heterocycles. The number of para-hydroxylation sites is 1. The van der Waals surface area contributed by atoms with Crippen molar-refractivity contribution >= 4 is 39.4 Å². The number of nitro benzene ring substituents is 1. The zero-order valence-corrected chi connectivity index (χ0v) is 18.0. The van der Waals surface area contributed by atoms with Crippen LogP contribution in [0.1, 0.15) is 17.7 Å². The first-order chi connectivity index (χ1) is 13.2. The van der Waals surface area contributed by atoms with Gasteiger partial charge >= 0.3 is 0 Å². The highest BCUT2D eigenvalue weighted by Crippen LogP contribution is 2.27. The molecule has 0 amide bonds. The minimum absolute atomic E-state index is 0. The number of fused-ring (bicyclic) bond motifs is 1. The molecule has 4 rings (SSSR count). The van der Waals surface area contributed by atoms with E-state index in [4.69, 9.17) is 4.42 Å². The van der Waals surface area contributed by atoms with Gasteiger partial charge in [-0.1, -0.05) is 35.6 Å². The van der Waals surface area contributed by atoms with Crippen molar-refractivity contribution in [2.24, 2.45) is 0 Å². The first-order valence-electron chi connectivity index (χ1n) is 8.60. The molecule has 142 valence electrons. The molecule has 0 atom stereocenters. The van der Waals surface area contributed by atoms with Crippen LogP contribution in [0, 0.1) is 10.1 Å². The van der Waals surface area contributed by atoms with E-state index in [9.17, 15) is 10.1 Å². The summed E-state index contributed by atoms with van der Waals surface area (Å²) in [4.78, 5) is 10.5. The Labute approximate surface area is 183 Å².